The van der Waals surface area contributed by atoms with Crippen LogP contribution < -0.4 is 5.32 Å². The number of rotatable bonds is 1. The van der Waals surface area contributed by atoms with Crippen molar-refractivity contribution >= 4 is 39.3 Å². The molecule has 65 valence electrons. The lowest BCUT2D eigenvalue weighted by atomic mass is 10.2. The molecule has 0 unspecified atom stereocenters. The average Bonchev–Trinajstić information content (AvgIpc) is 2.48. The first-order valence-electron chi connectivity index (χ1n) is 3.40. The molecule has 1 aliphatic rings. The number of nitro benzene ring substituents is 1. The van der Waals surface area contributed by atoms with Crippen molar-refractivity contribution in [3.05, 3.63) is 26.7 Å². The van der Waals surface area contributed by atoms with E-state index in [2.05, 4.69) is 26.2 Å². The number of halogens is 1. The van der Waals surface area contributed by atoms with Crippen LogP contribution in [0.15, 0.2) is 21.6 Å². The molecule has 0 fully saturated rings. The maximum absolute atomic E-state index is 10.5. The third kappa shape index (κ3) is 1.29. The van der Waals surface area contributed by atoms with Crippen molar-refractivity contribution in [3.8, 4) is 0 Å². The van der Waals surface area contributed by atoms with Crippen molar-refractivity contribution in [2.24, 2.45) is 4.99 Å². The minimum atomic E-state index is -0.460. The molecule has 0 bridgehead atoms. The molecule has 13 heavy (non-hydrogen) atoms. The van der Waals surface area contributed by atoms with Crippen LogP contribution in [-0.4, -0.2) is 11.3 Å². The molecular weight excluding hydrogens is 238 g/mol. The van der Waals surface area contributed by atoms with Gasteiger partial charge in [0, 0.05) is 6.07 Å². The normalized spacial score (nSPS) is 12.4. The molecule has 0 N–H and O–H groups in total. The number of aliphatic imine (C=N–C) groups is 1. The van der Waals surface area contributed by atoms with Crippen molar-refractivity contribution in [3.63, 3.8) is 0 Å². The molecule has 6 heteroatoms. The smallest absolute Gasteiger partial charge is 0.258 e. The highest BCUT2D eigenvalue weighted by molar-refractivity contribution is 9.10. The topological polar surface area (TPSA) is 69.6 Å². The van der Waals surface area contributed by atoms with Crippen molar-refractivity contribution in [2.75, 3.05) is 0 Å². The summed E-state index contributed by atoms with van der Waals surface area (Å²) in [4.78, 5) is 13.9. The molecule has 0 amide bonds. The Labute approximate surface area is 81.8 Å². The van der Waals surface area contributed by atoms with E-state index in [1.165, 1.54) is 12.4 Å². The number of nitrogens with zero attached hydrogens (tertiary/aromatic N) is 3. The monoisotopic (exact) mass is 240 g/mol. The number of hydrogen-bond donors (Lipinski definition) is 0. The van der Waals surface area contributed by atoms with Gasteiger partial charge in [-0.1, -0.05) is 0 Å². The molecule has 1 aromatic rings. The first kappa shape index (κ1) is 8.18. The molecule has 0 atom stereocenters. The number of benzene rings is 1. The number of fused-ring (bicyclic) bond motifs is 1. The Bertz CT molecular complexity index is 416. The van der Waals surface area contributed by atoms with Crippen LogP contribution in [0.1, 0.15) is 0 Å². The number of nitro groups is 1. The summed E-state index contributed by atoms with van der Waals surface area (Å²) in [7, 11) is 0. The summed E-state index contributed by atoms with van der Waals surface area (Å²) in [6.07, 6.45) is 1.38. The fraction of sp³-hybridized carbons (Fsp3) is 0. The zero-order valence-electron chi connectivity index (χ0n) is 6.27. The van der Waals surface area contributed by atoms with Crippen LogP contribution in [0.3, 0.4) is 0 Å². The highest BCUT2D eigenvalue weighted by Gasteiger charge is 2.18. The van der Waals surface area contributed by atoms with Crippen LogP contribution in [0.4, 0.5) is 17.1 Å². The largest absolute Gasteiger partial charge is 0.285 e. The van der Waals surface area contributed by atoms with Gasteiger partial charge in [-0.05, 0) is 22.0 Å². The molecule has 0 aromatic heterocycles. The molecule has 0 aliphatic carbocycles. The van der Waals surface area contributed by atoms with Crippen molar-refractivity contribution in [2.45, 2.75) is 0 Å². The van der Waals surface area contributed by atoms with Crippen LogP contribution in [0, 0.1) is 10.1 Å². The second-order valence-electron chi connectivity index (χ2n) is 2.42. The summed E-state index contributed by atoms with van der Waals surface area (Å²) in [5.41, 5.74) is 1.19. The Morgan fingerprint density at radius 1 is 1.38 bits per heavy atom. The van der Waals surface area contributed by atoms with Gasteiger partial charge in [0.05, 0.1) is 20.8 Å². The lowest BCUT2D eigenvalue weighted by Crippen LogP contribution is -1.90. The Balaban J connectivity index is 2.60. The molecule has 1 aromatic carbocycles. The Morgan fingerprint density at radius 3 is 2.85 bits per heavy atom. The van der Waals surface area contributed by atoms with E-state index in [1.807, 2.05) is 0 Å². The van der Waals surface area contributed by atoms with Crippen LogP contribution >= 0.6 is 15.9 Å². The van der Waals surface area contributed by atoms with Crippen LogP contribution in [0.5, 0.6) is 0 Å². The second-order valence-corrected chi connectivity index (χ2v) is 3.28. The van der Waals surface area contributed by atoms with Gasteiger partial charge in [0.15, 0.2) is 0 Å². The third-order valence-electron chi connectivity index (χ3n) is 1.63. The molecule has 5 nitrogen and oxygen atoms in total. The van der Waals surface area contributed by atoms with Gasteiger partial charge in [-0.3, -0.25) is 10.1 Å². The zero-order valence-corrected chi connectivity index (χ0v) is 7.85. The SMILES string of the molecule is O=[N+]([O-])c1cc2c(cc1Br)[N]C=N2. The predicted molar refractivity (Wildman–Crippen MR) is 50.7 cm³/mol. The molecule has 0 spiro atoms. The van der Waals surface area contributed by atoms with Gasteiger partial charge in [0.2, 0.25) is 0 Å². The van der Waals surface area contributed by atoms with E-state index in [-0.39, 0.29) is 5.69 Å². The molecule has 2 rings (SSSR count). The fourth-order valence-electron chi connectivity index (χ4n) is 1.04. The van der Waals surface area contributed by atoms with E-state index in [0.717, 1.165) is 0 Å². The summed E-state index contributed by atoms with van der Waals surface area (Å²) in [5.74, 6) is 0. The Morgan fingerprint density at radius 2 is 2.15 bits per heavy atom. The zero-order chi connectivity index (χ0) is 9.42. The molecule has 1 heterocycles. The second kappa shape index (κ2) is 2.81. The maximum Gasteiger partial charge on any atom is 0.285 e. The van der Waals surface area contributed by atoms with Crippen LogP contribution in [0.25, 0.3) is 0 Å². The van der Waals surface area contributed by atoms with E-state index >= 15 is 0 Å². The minimum Gasteiger partial charge on any atom is -0.258 e. The first-order chi connectivity index (χ1) is 6.18. The highest BCUT2D eigenvalue weighted by Crippen LogP contribution is 2.37. The maximum atomic E-state index is 10.5. The molecule has 0 saturated carbocycles. The van der Waals surface area contributed by atoms with E-state index in [0.29, 0.717) is 15.8 Å². The van der Waals surface area contributed by atoms with Gasteiger partial charge in [-0.2, -0.15) is 0 Å². The summed E-state index contributed by atoms with van der Waals surface area (Å²) >= 11 is 3.09. The standard InChI is InChI=1S/C7H3BrN3O2/c8-4-1-5-6(10-3-9-5)2-7(4)11(12)13/h1-3H. The molecule has 1 radical (unpaired) electrons. The summed E-state index contributed by atoms with van der Waals surface area (Å²) in [5, 5.41) is 14.4. The van der Waals surface area contributed by atoms with Gasteiger partial charge >= 0.3 is 0 Å². The lowest BCUT2D eigenvalue weighted by Gasteiger charge is -1.98. The van der Waals surface area contributed by atoms with Gasteiger partial charge in [-0.15, -0.1) is 0 Å². The van der Waals surface area contributed by atoms with Gasteiger partial charge < -0.3 is 0 Å². The van der Waals surface area contributed by atoms with Crippen molar-refractivity contribution < 1.29 is 4.92 Å². The Kier molecular flexibility index (Phi) is 1.77. The molecular formula is C7H3BrN3O2. The third-order valence-corrected chi connectivity index (χ3v) is 2.27. The van der Waals surface area contributed by atoms with Crippen molar-refractivity contribution in [1.82, 2.24) is 5.32 Å². The van der Waals surface area contributed by atoms with E-state index in [9.17, 15) is 10.1 Å². The van der Waals surface area contributed by atoms with E-state index in [1.54, 1.807) is 6.07 Å². The summed E-state index contributed by atoms with van der Waals surface area (Å²) in [6.45, 7) is 0. The summed E-state index contributed by atoms with van der Waals surface area (Å²) in [6, 6.07) is 2.98. The van der Waals surface area contributed by atoms with Gasteiger partial charge in [-0.25, -0.2) is 10.3 Å². The Hall–Kier alpha value is -1.43. The van der Waals surface area contributed by atoms with Gasteiger partial charge in [0.1, 0.15) is 6.34 Å². The van der Waals surface area contributed by atoms with Crippen LogP contribution in [-0.2, 0) is 0 Å². The van der Waals surface area contributed by atoms with Gasteiger partial charge in [0.25, 0.3) is 5.69 Å². The summed E-state index contributed by atoms with van der Waals surface area (Å²) < 4.78 is 0.422. The lowest BCUT2D eigenvalue weighted by molar-refractivity contribution is -0.385. The fourth-order valence-corrected chi connectivity index (χ4v) is 1.52. The highest BCUT2D eigenvalue weighted by atomic mass is 79.9. The van der Waals surface area contributed by atoms with Crippen LogP contribution in [0.2, 0.25) is 0 Å². The van der Waals surface area contributed by atoms with Crippen molar-refractivity contribution in [1.29, 1.82) is 0 Å². The van der Waals surface area contributed by atoms with E-state index in [4.69, 9.17) is 0 Å². The molecule has 1 aliphatic heterocycles. The predicted octanol–water partition coefficient (Wildman–Crippen LogP) is 2.27. The minimum absolute atomic E-state index is 0.00741. The first-order valence-corrected chi connectivity index (χ1v) is 4.19. The van der Waals surface area contributed by atoms with E-state index < -0.39 is 4.92 Å². The quantitative estimate of drug-likeness (QED) is 0.558. The molecule has 0 saturated heterocycles. The average molecular weight is 241 g/mol. The number of hydrogen-bond acceptors (Lipinski definition) is 3.